The van der Waals surface area contributed by atoms with Crippen molar-refractivity contribution in [2.75, 3.05) is 6.54 Å². The van der Waals surface area contributed by atoms with Gasteiger partial charge in [0.25, 0.3) is 0 Å². The van der Waals surface area contributed by atoms with E-state index in [1.165, 1.54) is 0 Å². The molecular weight excluding hydrogens is 248 g/mol. The molecule has 1 heterocycles. The molecule has 0 saturated heterocycles. The molecular formula is C13H18N2O2S. The van der Waals surface area contributed by atoms with Crippen LogP contribution in [0.4, 0.5) is 0 Å². The molecule has 0 bridgehead atoms. The van der Waals surface area contributed by atoms with Gasteiger partial charge in [0, 0.05) is 35.5 Å². The number of hydrogen-bond acceptors (Lipinski definition) is 4. The number of carboxylic acid groups (broad SMARTS) is 1. The highest BCUT2D eigenvalue weighted by Crippen LogP contribution is 2.24. The zero-order chi connectivity index (χ0) is 13.4. The van der Waals surface area contributed by atoms with Crippen molar-refractivity contribution in [1.82, 2.24) is 4.98 Å². The van der Waals surface area contributed by atoms with Gasteiger partial charge in [-0.15, -0.1) is 11.8 Å². The van der Waals surface area contributed by atoms with E-state index >= 15 is 0 Å². The van der Waals surface area contributed by atoms with Crippen LogP contribution < -0.4 is 0 Å². The second kappa shape index (κ2) is 7.87. The molecule has 0 aliphatic carbocycles. The van der Waals surface area contributed by atoms with Crippen LogP contribution in [-0.2, 0) is 4.79 Å². The van der Waals surface area contributed by atoms with Gasteiger partial charge in [-0.3, -0.25) is 14.8 Å². The van der Waals surface area contributed by atoms with E-state index in [0.717, 1.165) is 10.6 Å². The number of aliphatic carboxylic acids is 1. The number of pyridine rings is 1. The lowest BCUT2D eigenvalue weighted by atomic mass is 10.3. The number of hydrogen-bond donors (Lipinski definition) is 1. The molecule has 0 radical (unpaired) electrons. The molecule has 0 atom stereocenters. The van der Waals surface area contributed by atoms with Gasteiger partial charge in [-0.05, 0) is 18.6 Å². The zero-order valence-electron chi connectivity index (χ0n) is 10.7. The Morgan fingerprint density at radius 2 is 2.39 bits per heavy atom. The van der Waals surface area contributed by atoms with Crippen LogP contribution >= 0.6 is 11.8 Å². The number of thioether (sulfide) groups is 1. The maximum absolute atomic E-state index is 10.3. The fourth-order valence-electron chi connectivity index (χ4n) is 1.33. The largest absolute Gasteiger partial charge is 0.481 e. The Bertz CT molecular complexity index is 419. The number of rotatable bonds is 7. The van der Waals surface area contributed by atoms with Crippen LogP contribution in [0.1, 0.15) is 32.4 Å². The number of aliphatic imine (C=N–C) groups is 1. The minimum atomic E-state index is -0.779. The molecule has 1 aromatic rings. The third kappa shape index (κ3) is 5.82. The Kier molecular flexibility index (Phi) is 6.43. The lowest BCUT2D eigenvalue weighted by molar-refractivity contribution is -0.137. The van der Waals surface area contributed by atoms with Crippen LogP contribution in [-0.4, -0.2) is 34.1 Å². The summed E-state index contributed by atoms with van der Waals surface area (Å²) >= 11 is 1.75. The standard InChI is InChI=1S/C13H18N2O2S/c1-10(2)18-12-5-3-8-15-11(12)9-14-7-4-6-13(16)17/h3,5,8-10H,4,6-7H2,1-2H3,(H,16,17). The normalized spacial score (nSPS) is 11.3. The summed E-state index contributed by atoms with van der Waals surface area (Å²) in [7, 11) is 0. The molecule has 0 aliphatic heterocycles. The molecule has 0 aromatic carbocycles. The first-order valence-electron chi connectivity index (χ1n) is 5.93. The van der Waals surface area contributed by atoms with Crippen LogP contribution in [0, 0.1) is 0 Å². The highest BCUT2D eigenvalue weighted by atomic mass is 32.2. The van der Waals surface area contributed by atoms with Crippen LogP contribution in [0.2, 0.25) is 0 Å². The lowest BCUT2D eigenvalue weighted by Crippen LogP contribution is -1.97. The molecule has 4 nitrogen and oxygen atoms in total. The highest BCUT2D eigenvalue weighted by molar-refractivity contribution is 8.00. The second-order valence-corrected chi connectivity index (χ2v) is 5.70. The molecule has 0 unspecified atom stereocenters. The maximum Gasteiger partial charge on any atom is 0.303 e. The molecule has 1 aromatic heterocycles. The van der Waals surface area contributed by atoms with E-state index < -0.39 is 5.97 Å². The summed E-state index contributed by atoms with van der Waals surface area (Å²) in [6, 6.07) is 3.93. The van der Waals surface area contributed by atoms with Gasteiger partial charge in [-0.2, -0.15) is 0 Å². The first-order valence-corrected chi connectivity index (χ1v) is 6.81. The van der Waals surface area contributed by atoms with Gasteiger partial charge in [0.05, 0.1) is 5.69 Å². The van der Waals surface area contributed by atoms with Crippen molar-refractivity contribution in [1.29, 1.82) is 0 Å². The SMILES string of the molecule is CC(C)Sc1cccnc1C=NCCCC(=O)O. The average molecular weight is 266 g/mol. The molecule has 0 fully saturated rings. The Morgan fingerprint density at radius 3 is 3.06 bits per heavy atom. The van der Waals surface area contributed by atoms with Gasteiger partial charge >= 0.3 is 5.97 Å². The van der Waals surface area contributed by atoms with Crippen LogP contribution in [0.3, 0.4) is 0 Å². The minimum Gasteiger partial charge on any atom is -0.481 e. The van der Waals surface area contributed by atoms with Crippen LogP contribution in [0.5, 0.6) is 0 Å². The number of carboxylic acids is 1. The van der Waals surface area contributed by atoms with Gasteiger partial charge in [-0.25, -0.2) is 0 Å². The van der Waals surface area contributed by atoms with Crippen molar-refractivity contribution in [3.63, 3.8) is 0 Å². The van der Waals surface area contributed by atoms with Crippen molar-refractivity contribution < 1.29 is 9.90 Å². The molecule has 18 heavy (non-hydrogen) atoms. The summed E-state index contributed by atoms with van der Waals surface area (Å²) in [5.41, 5.74) is 0.853. The molecule has 5 heteroatoms. The molecule has 0 amide bonds. The van der Waals surface area contributed by atoms with E-state index in [4.69, 9.17) is 5.11 Å². The molecule has 0 aliphatic rings. The van der Waals surface area contributed by atoms with Gasteiger partial charge in [0.15, 0.2) is 0 Å². The van der Waals surface area contributed by atoms with Crippen molar-refractivity contribution in [2.45, 2.75) is 36.8 Å². The molecule has 0 saturated carbocycles. The van der Waals surface area contributed by atoms with E-state index in [1.807, 2.05) is 12.1 Å². The number of carbonyl (C=O) groups is 1. The Morgan fingerprint density at radius 1 is 1.61 bits per heavy atom. The number of aromatic nitrogens is 1. The first-order chi connectivity index (χ1) is 8.59. The summed E-state index contributed by atoms with van der Waals surface area (Å²) in [5.74, 6) is -0.779. The first kappa shape index (κ1) is 14.7. The van der Waals surface area contributed by atoms with Crippen molar-refractivity contribution in [2.24, 2.45) is 4.99 Å². The van der Waals surface area contributed by atoms with E-state index in [-0.39, 0.29) is 6.42 Å². The quantitative estimate of drug-likeness (QED) is 0.468. The molecule has 1 N–H and O–H groups in total. The molecule has 1 rings (SSSR count). The summed E-state index contributed by atoms with van der Waals surface area (Å²) in [6.45, 7) is 4.78. The minimum absolute atomic E-state index is 0.160. The van der Waals surface area contributed by atoms with E-state index in [2.05, 4.69) is 23.8 Å². The highest BCUT2D eigenvalue weighted by Gasteiger charge is 2.03. The molecule has 0 spiro atoms. The van der Waals surface area contributed by atoms with Crippen LogP contribution in [0.25, 0.3) is 0 Å². The summed E-state index contributed by atoms with van der Waals surface area (Å²) in [4.78, 5) is 19.9. The monoisotopic (exact) mass is 266 g/mol. The van der Waals surface area contributed by atoms with Gasteiger partial charge in [0.2, 0.25) is 0 Å². The summed E-state index contributed by atoms with van der Waals surface area (Å²) in [5, 5.41) is 9.00. The lowest BCUT2D eigenvalue weighted by Gasteiger charge is -2.06. The van der Waals surface area contributed by atoms with E-state index in [1.54, 1.807) is 24.2 Å². The van der Waals surface area contributed by atoms with Crippen molar-refractivity contribution in [3.8, 4) is 0 Å². The van der Waals surface area contributed by atoms with E-state index in [9.17, 15) is 4.79 Å². The average Bonchev–Trinajstić information content (AvgIpc) is 2.29. The zero-order valence-corrected chi connectivity index (χ0v) is 11.5. The van der Waals surface area contributed by atoms with Gasteiger partial charge < -0.3 is 5.11 Å². The van der Waals surface area contributed by atoms with Gasteiger partial charge in [-0.1, -0.05) is 13.8 Å². The second-order valence-electron chi connectivity index (χ2n) is 4.09. The van der Waals surface area contributed by atoms with Crippen molar-refractivity contribution >= 4 is 23.9 Å². The summed E-state index contributed by atoms with van der Waals surface area (Å²) in [6.07, 6.45) is 4.19. The van der Waals surface area contributed by atoms with E-state index in [0.29, 0.717) is 18.2 Å². The third-order valence-corrected chi connectivity index (χ3v) is 3.12. The predicted molar refractivity (Wildman–Crippen MR) is 74.6 cm³/mol. The smallest absolute Gasteiger partial charge is 0.303 e. The Balaban J connectivity index is 2.55. The fourth-order valence-corrected chi connectivity index (χ4v) is 2.22. The van der Waals surface area contributed by atoms with Crippen LogP contribution in [0.15, 0.2) is 28.2 Å². The predicted octanol–water partition coefficient (Wildman–Crippen LogP) is 2.87. The van der Waals surface area contributed by atoms with Gasteiger partial charge in [0.1, 0.15) is 0 Å². The topological polar surface area (TPSA) is 62.5 Å². The maximum atomic E-state index is 10.3. The Labute approximate surface area is 112 Å². The molecule has 98 valence electrons. The summed E-state index contributed by atoms with van der Waals surface area (Å²) < 4.78 is 0. The van der Waals surface area contributed by atoms with Crippen molar-refractivity contribution in [3.05, 3.63) is 24.0 Å². The Hall–Kier alpha value is -1.36. The number of nitrogens with zero attached hydrogens (tertiary/aromatic N) is 2. The fraction of sp³-hybridized carbons (Fsp3) is 0.462. The third-order valence-electron chi connectivity index (χ3n) is 2.05.